The van der Waals surface area contributed by atoms with Gasteiger partial charge in [0, 0.05) is 59.3 Å². The number of nitrogens with one attached hydrogen (secondary N) is 2. The van der Waals surface area contributed by atoms with Gasteiger partial charge in [0.05, 0.1) is 20.3 Å². The van der Waals surface area contributed by atoms with Crippen molar-refractivity contribution in [1.82, 2.24) is 14.7 Å². The first-order valence-electron chi connectivity index (χ1n) is 12.5. The topological polar surface area (TPSA) is 88.1 Å². The molecule has 1 aromatic carbocycles. The number of methoxy groups -OCH3 is 1. The summed E-state index contributed by atoms with van der Waals surface area (Å²) in [5, 5.41) is 2.98. The molecule has 0 spiro atoms. The number of hydrogen-bond donors (Lipinski definition) is 2. The van der Waals surface area contributed by atoms with Gasteiger partial charge in [0.1, 0.15) is 11.6 Å². The number of carbonyl (C=O) groups is 1. The summed E-state index contributed by atoms with van der Waals surface area (Å²) >= 11 is 0. The number of fused-ring (bicyclic) bond motifs is 1. The molecule has 37 heavy (non-hydrogen) atoms. The van der Waals surface area contributed by atoms with Crippen molar-refractivity contribution in [2.75, 3.05) is 38.3 Å². The van der Waals surface area contributed by atoms with Crippen LogP contribution in [0.1, 0.15) is 32.7 Å². The Labute approximate surface area is 215 Å². The molecule has 0 bridgehead atoms. The van der Waals surface area contributed by atoms with Crippen LogP contribution in [0.25, 0.3) is 16.6 Å². The van der Waals surface area contributed by atoms with Crippen molar-refractivity contribution >= 4 is 17.2 Å². The zero-order valence-corrected chi connectivity index (χ0v) is 21.7. The molecule has 8 heteroatoms. The van der Waals surface area contributed by atoms with Gasteiger partial charge in [-0.25, -0.2) is 0 Å². The summed E-state index contributed by atoms with van der Waals surface area (Å²) in [6, 6.07) is 13.9. The van der Waals surface area contributed by atoms with E-state index in [1.54, 1.807) is 7.11 Å². The first kappa shape index (κ1) is 24.6. The predicted octanol–water partition coefficient (Wildman–Crippen LogP) is 4.00. The number of pyridine rings is 2. The van der Waals surface area contributed by atoms with E-state index in [1.807, 2.05) is 57.2 Å². The van der Waals surface area contributed by atoms with E-state index in [0.717, 1.165) is 58.1 Å². The van der Waals surface area contributed by atoms with E-state index in [9.17, 15) is 9.59 Å². The standard InChI is InChI=1S/C29H32N4O4/c1-18-12-19(2)31-28(35)26(18)16-30-27(34)25-15-23-13-22(21-6-5-7-24(14-21)36-4)17-33(23)29(20(25)3)32-8-10-37-11-9-32/h5-7,12-15,17H,8-11,16H2,1-4H3,(H,30,34)(H,31,35). The van der Waals surface area contributed by atoms with Crippen LogP contribution in [0.2, 0.25) is 0 Å². The third kappa shape index (κ3) is 4.84. The Morgan fingerprint density at radius 1 is 1.08 bits per heavy atom. The zero-order valence-electron chi connectivity index (χ0n) is 21.7. The molecule has 0 unspecified atom stereocenters. The number of morpholine rings is 1. The largest absolute Gasteiger partial charge is 0.497 e. The third-order valence-electron chi connectivity index (χ3n) is 6.99. The van der Waals surface area contributed by atoms with Gasteiger partial charge in [0.25, 0.3) is 11.5 Å². The van der Waals surface area contributed by atoms with Crippen LogP contribution in [0, 0.1) is 20.8 Å². The average molecular weight is 501 g/mol. The monoisotopic (exact) mass is 500 g/mol. The van der Waals surface area contributed by atoms with Crippen LogP contribution in [-0.4, -0.2) is 48.7 Å². The summed E-state index contributed by atoms with van der Waals surface area (Å²) in [6.45, 7) is 8.63. The molecule has 5 rings (SSSR count). The van der Waals surface area contributed by atoms with E-state index in [0.29, 0.717) is 24.3 Å². The maximum absolute atomic E-state index is 13.5. The normalized spacial score (nSPS) is 13.7. The second-order valence-corrected chi connectivity index (χ2v) is 9.49. The van der Waals surface area contributed by atoms with Crippen molar-refractivity contribution in [2.24, 2.45) is 0 Å². The van der Waals surface area contributed by atoms with E-state index >= 15 is 0 Å². The molecule has 1 aliphatic heterocycles. The first-order valence-corrected chi connectivity index (χ1v) is 12.5. The van der Waals surface area contributed by atoms with E-state index in [2.05, 4.69) is 31.9 Å². The molecule has 1 fully saturated rings. The van der Waals surface area contributed by atoms with Crippen LogP contribution < -0.4 is 20.5 Å². The Kier molecular flexibility index (Phi) is 6.76. The molecule has 4 aromatic rings. The number of ether oxygens (including phenoxy) is 2. The summed E-state index contributed by atoms with van der Waals surface area (Å²) in [5.74, 6) is 1.56. The quantitative estimate of drug-likeness (QED) is 0.418. The van der Waals surface area contributed by atoms with Crippen LogP contribution in [0.15, 0.2) is 53.5 Å². The Morgan fingerprint density at radius 3 is 2.59 bits per heavy atom. The fraction of sp³-hybridized carbons (Fsp3) is 0.310. The third-order valence-corrected chi connectivity index (χ3v) is 6.99. The number of rotatable bonds is 6. The number of nitrogens with zero attached hydrogens (tertiary/aromatic N) is 2. The molecule has 0 saturated carbocycles. The molecule has 192 valence electrons. The Bertz CT molecular complexity index is 1530. The Balaban J connectivity index is 1.56. The predicted molar refractivity (Wildman–Crippen MR) is 145 cm³/mol. The molecule has 1 aliphatic rings. The minimum absolute atomic E-state index is 0.161. The Hall–Kier alpha value is -4.04. The molecule has 8 nitrogen and oxygen atoms in total. The van der Waals surface area contributed by atoms with E-state index in [4.69, 9.17) is 9.47 Å². The summed E-state index contributed by atoms with van der Waals surface area (Å²) in [6.07, 6.45) is 2.11. The van der Waals surface area contributed by atoms with Crippen molar-refractivity contribution in [3.63, 3.8) is 0 Å². The summed E-state index contributed by atoms with van der Waals surface area (Å²) in [7, 11) is 1.66. The van der Waals surface area contributed by atoms with Crippen molar-refractivity contribution in [3.8, 4) is 16.9 Å². The van der Waals surface area contributed by atoms with Crippen molar-refractivity contribution in [3.05, 3.63) is 87.0 Å². The molecule has 0 radical (unpaired) electrons. The highest BCUT2D eigenvalue weighted by Gasteiger charge is 2.23. The Morgan fingerprint density at radius 2 is 1.86 bits per heavy atom. The van der Waals surface area contributed by atoms with Crippen molar-refractivity contribution < 1.29 is 14.3 Å². The van der Waals surface area contributed by atoms with E-state index in [1.165, 1.54) is 0 Å². The molecule has 4 heterocycles. The second-order valence-electron chi connectivity index (χ2n) is 9.49. The minimum Gasteiger partial charge on any atom is -0.497 e. The lowest BCUT2D eigenvalue weighted by atomic mass is 10.1. The average Bonchev–Trinajstić information content (AvgIpc) is 3.32. The zero-order chi connectivity index (χ0) is 26.1. The summed E-state index contributed by atoms with van der Waals surface area (Å²) in [5.41, 5.74) is 6.51. The van der Waals surface area contributed by atoms with E-state index in [-0.39, 0.29) is 18.0 Å². The minimum atomic E-state index is -0.210. The molecular formula is C29H32N4O4. The lowest BCUT2D eigenvalue weighted by Gasteiger charge is -2.31. The fourth-order valence-corrected chi connectivity index (χ4v) is 5.06. The number of anilines is 1. The fourth-order valence-electron chi connectivity index (χ4n) is 5.06. The molecule has 2 N–H and O–H groups in total. The van der Waals surface area contributed by atoms with Gasteiger partial charge in [-0.3, -0.25) is 9.59 Å². The maximum Gasteiger partial charge on any atom is 0.253 e. The number of H-pyrrole nitrogens is 1. The maximum atomic E-state index is 13.5. The van der Waals surface area contributed by atoms with Crippen molar-refractivity contribution in [1.29, 1.82) is 0 Å². The second kappa shape index (κ2) is 10.1. The number of amides is 1. The summed E-state index contributed by atoms with van der Waals surface area (Å²) < 4.78 is 13.2. The number of aromatic amines is 1. The highest BCUT2D eigenvalue weighted by atomic mass is 16.5. The summed E-state index contributed by atoms with van der Waals surface area (Å²) in [4.78, 5) is 31.0. The van der Waals surface area contributed by atoms with Gasteiger partial charge < -0.3 is 29.1 Å². The molecular weight excluding hydrogens is 468 g/mol. The lowest BCUT2D eigenvalue weighted by molar-refractivity contribution is 0.0950. The van der Waals surface area contributed by atoms with Gasteiger partial charge >= 0.3 is 0 Å². The molecule has 0 aliphatic carbocycles. The van der Waals surface area contributed by atoms with Gasteiger partial charge in [-0.1, -0.05) is 12.1 Å². The van der Waals surface area contributed by atoms with Gasteiger partial charge in [0.2, 0.25) is 0 Å². The number of hydrogen-bond acceptors (Lipinski definition) is 5. The smallest absolute Gasteiger partial charge is 0.253 e. The van der Waals surface area contributed by atoms with Crippen LogP contribution in [0.5, 0.6) is 5.75 Å². The lowest BCUT2D eigenvalue weighted by Crippen LogP contribution is -2.38. The van der Waals surface area contributed by atoms with Gasteiger partial charge in [-0.2, -0.15) is 0 Å². The first-order chi connectivity index (χ1) is 17.9. The molecule has 1 amide bonds. The van der Waals surface area contributed by atoms with Crippen molar-refractivity contribution in [2.45, 2.75) is 27.3 Å². The molecule has 3 aromatic heterocycles. The van der Waals surface area contributed by atoms with Crippen LogP contribution in [0.4, 0.5) is 5.82 Å². The highest BCUT2D eigenvalue weighted by Crippen LogP contribution is 2.32. The molecule has 1 saturated heterocycles. The van der Waals surface area contributed by atoms with Gasteiger partial charge in [0.15, 0.2) is 0 Å². The SMILES string of the molecule is COc1cccc(-c2cc3cc(C(=O)NCc4c(C)cc(C)[nH]c4=O)c(C)c(N4CCOCC4)n3c2)c1. The van der Waals surface area contributed by atoms with Gasteiger partial charge in [-0.15, -0.1) is 0 Å². The van der Waals surface area contributed by atoms with E-state index < -0.39 is 0 Å². The van der Waals surface area contributed by atoms with Crippen LogP contribution in [0.3, 0.4) is 0 Å². The number of aromatic nitrogens is 2. The number of carbonyl (C=O) groups excluding carboxylic acids is 1. The van der Waals surface area contributed by atoms with Gasteiger partial charge in [-0.05, 0) is 62.2 Å². The van der Waals surface area contributed by atoms with Crippen LogP contribution >= 0.6 is 0 Å². The van der Waals surface area contributed by atoms with Crippen LogP contribution in [-0.2, 0) is 11.3 Å². The number of aryl methyl sites for hydroxylation is 2. The molecule has 0 atom stereocenters. The highest BCUT2D eigenvalue weighted by molar-refractivity contribution is 5.98. The number of benzene rings is 1.